The number of carboxylic acid groups (broad SMARTS) is 1. The van der Waals surface area contributed by atoms with Crippen LogP contribution in [0.2, 0.25) is 0 Å². The zero-order chi connectivity index (χ0) is 12.5. The molecule has 0 spiro atoms. The highest BCUT2D eigenvalue weighted by molar-refractivity contribution is 5.79. The van der Waals surface area contributed by atoms with E-state index >= 15 is 0 Å². The van der Waals surface area contributed by atoms with Gasteiger partial charge < -0.3 is 15.6 Å². The van der Waals surface area contributed by atoms with Crippen molar-refractivity contribution in [2.75, 3.05) is 7.11 Å². The van der Waals surface area contributed by atoms with E-state index in [2.05, 4.69) is 0 Å². The number of hydrogen-bond acceptors (Lipinski definition) is 3. The summed E-state index contributed by atoms with van der Waals surface area (Å²) in [7, 11) is 1.62. The fraction of sp³-hybridized carbons (Fsp3) is 0.462. The van der Waals surface area contributed by atoms with Gasteiger partial charge in [0.15, 0.2) is 0 Å². The molecule has 17 heavy (non-hydrogen) atoms. The third kappa shape index (κ3) is 2.26. The molecule has 0 radical (unpaired) electrons. The van der Waals surface area contributed by atoms with Gasteiger partial charge in [0.25, 0.3) is 0 Å². The molecule has 1 saturated carbocycles. The van der Waals surface area contributed by atoms with Crippen molar-refractivity contribution in [1.29, 1.82) is 0 Å². The zero-order valence-corrected chi connectivity index (χ0v) is 9.85. The van der Waals surface area contributed by atoms with Crippen molar-refractivity contribution < 1.29 is 14.6 Å². The van der Waals surface area contributed by atoms with Crippen molar-refractivity contribution in [2.45, 2.75) is 30.7 Å². The molecule has 3 N–H and O–H groups in total. The first-order valence-corrected chi connectivity index (χ1v) is 5.71. The van der Waals surface area contributed by atoms with E-state index in [0.717, 1.165) is 17.7 Å². The number of nitrogens with two attached hydrogens (primary N) is 1. The average Bonchev–Trinajstić information content (AvgIpc) is 2.74. The number of carboxylic acids is 1. The highest BCUT2D eigenvalue weighted by atomic mass is 16.5. The molecule has 0 saturated heterocycles. The number of rotatable bonds is 3. The second kappa shape index (κ2) is 4.37. The van der Waals surface area contributed by atoms with E-state index in [9.17, 15) is 4.79 Å². The Kier molecular flexibility index (Phi) is 3.07. The zero-order valence-electron chi connectivity index (χ0n) is 9.85. The minimum Gasteiger partial charge on any atom is -0.497 e. The lowest BCUT2D eigenvalue weighted by Gasteiger charge is -2.18. The number of aliphatic carboxylic acids is 1. The molecule has 2 rings (SSSR count). The van der Waals surface area contributed by atoms with Gasteiger partial charge in [-0.2, -0.15) is 0 Å². The maximum atomic E-state index is 11.1. The lowest BCUT2D eigenvalue weighted by Crippen LogP contribution is -2.45. The van der Waals surface area contributed by atoms with Crippen molar-refractivity contribution in [3.05, 3.63) is 29.8 Å². The predicted octanol–water partition coefficient (Wildman–Crippen LogP) is 1.74. The van der Waals surface area contributed by atoms with Crippen LogP contribution in [0.3, 0.4) is 0 Å². The van der Waals surface area contributed by atoms with Gasteiger partial charge in [0.1, 0.15) is 11.3 Å². The summed E-state index contributed by atoms with van der Waals surface area (Å²) in [6.45, 7) is 0. The van der Waals surface area contributed by atoms with E-state index in [1.54, 1.807) is 7.11 Å². The Morgan fingerprint density at radius 2 is 2.12 bits per heavy atom. The van der Waals surface area contributed by atoms with Gasteiger partial charge in [-0.05, 0) is 42.9 Å². The first-order chi connectivity index (χ1) is 8.05. The standard InChI is InChI=1S/C13H17NO3/c1-17-11-4-2-9(3-5-11)10-6-7-13(14,8-10)12(15)16/h2-5,10H,6-8,14H2,1H3,(H,15,16)/t10-,13+/m0/s1. The minimum absolute atomic E-state index is 0.238. The molecule has 0 heterocycles. The Bertz CT molecular complexity index is 415. The maximum Gasteiger partial charge on any atom is 0.323 e. The van der Waals surface area contributed by atoms with Crippen LogP contribution in [-0.2, 0) is 4.79 Å². The largest absolute Gasteiger partial charge is 0.497 e. The molecule has 1 aliphatic rings. The summed E-state index contributed by atoms with van der Waals surface area (Å²) in [4.78, 5) is 11.1. The first kappa shape index (κ1) is 11.9. The third-order valence-corrected chi connectivity index (χ3v) is 3.56. The normalized spacial score (nSPS) is 28.0. The van der Waals surface area contributed by atoms with Gasteiger partial charge in [0, 0.05) is 0 Å². The van der Waals surface area contributed by atoms with Crippen LogP contribution < -0.4 is 10.5 Å². The minimum atomic E-state index is -1.05. The quantitative estimate of drug-likeness (QED) is 0.837. The fourth-order valence-corrected chi connectivity index (χ4v) is 2.43. The molecular formula is C13H17NO3. The number of hydrogen-bond donors (Lipinski definition) is 2. The van der Waals surface area contributed by atoms with Crippen molar-refractivity contribution >= 4 is 5.97 Å². The number of ether oxygens (including phenoxy) is 1. The molecular weight excluding hydrogens is 218 g/mol. The molecule has 0 unspecified atom stereocenters. The smallest absolute Gasteiger partial charge is 0.323 e. The highest BCUT2D eigenvalue weighted by Crippen LogP contribution is 2.40. The van der Waals surface area contributed by atoms with Gasteiger partial charge in [-0.1, -0.05) is 12.1 Å². The van der Waals surface area contributed by atoms with E-state index in [0.29, 0.717) is 12.8 Å². The monoisotopic (exact) mass is 235 g/mol. The molecule has 1 aromatic rings. The Morgan fingerprint density at radius 1 is 1.47 bits per heavy atom. The summed E-state index contributed by atoms with van der Waals surface area (Å²) in [5, 5.41) is 9.07. The lowest BCUT2D eigenvalue weighted by atomic mass is 9.93. The van der Waals surface area contributed by atoms with E-state index < -0.39 is 11.5 Å². The Morgan fingerprint density at radius 3 is 2.59 bits per heavy atom. The Labute approximate surface area is 100 Å². The van der Waals surface area contributed by atoms with E-state index in [1.807, 2.05) is 24.3 Å². The SMILES string of the molecule is COc1ccc([C@H]2CC[C@](N)(C(=O)O)C2)cc1. The van der Waals surface area contributed by atoms with E-state index in [1.165, 1.54) is 0 Å². The molecule has 2 atom stereocenters. The van der Waals surface area contributed by atoms with Crippen molar-refractivity contribution in [2.24, 2.45) is 5.73 Å². The molecule has 92 valence electrons. The molecule has 0 aliphatic heterocycles. The maximum absolute atomic E-state index is 11.1. The van der Waals surface area contributed by atoms with Crippen molar-refractivity contribution in [3.63, 3.8) is 0 Å². The Balaban J connectivity index is 2.12. The predicted molar refractivity (Wildman–Crippen MR) is 64.1 cm³/mol. The second-order valence-corrected chi connectivity index (χ2v) is 4.67. The van der Waals surface area contributed by atoms with Gasteiger partial charge >= 0.3 is 5.97 Å². The second-order valence-electron chi connectivity index (χ2n) is 4.67. The first-order valence-electron chi connectivity index (χ1n) is 5.71. The Hall–Kier alpha value is -1.55. The fourth-order valence-electron chi connectivity index (χ4n) is 2.43. The molecule has 1 aromatic carbocycles. The molecule has 1 aliphatic carbocycles. The lowest BCUT2D eigenvalue weighted by molar-refractivity contribution is -0.143. The van der Waals surface area contributed by atoms with Crippen LogP contribution in [0, 0.1) is 0 Å². The van der Waals surface area contributed by atoms with Gasteiger partial charge in [-0.25, -0.2) is 0 Å². The van der Waals surface area contributed by atoms with E-state index in [4.69, 9.17) is 15.6 Å². The molecule has 1 fully saturated rings. The topological polar surface area (TPSA) is 72.5 Å². The highest BCUT2D eigenvalue weighted by Gasteiger charge is 2.42. The van der Waals surface area contributed by atoms with Crippen LogP contribution in [0.4, 0.5) is 0 Å². The summed E-state index contributed by atoms with van der Waals surface area (Å²) in [6.07, 6.45) is 1.88. The molecule has 0 aromatic heterocycles. The van der Waals surface area contributed by atoms with Gasteiger partial charge in [0.05, 0.1) is 7.11 Å². The van der Waals surface area contributed by atoms with Crippen LogP contribution >= 0.6 is 0 Å². The van der Waals surface area contributed by atoms with Crippen molar-refractivity contribution in [3.8, 4) is 5.75 Å². The average molecular weight is 235 g/mol. The summed E-state index contributed by atoms with van der Waals surface area (Å²) in [5.41, 5.74) is 5.95. The summed E-state index contributed by atoms with van der Waals surface area (Å²) < 4.78 is 5.09. The van der Waals surface area contributed by atoms with Crippen LogP contribution in [0.5, 0.6) is 5.75 Å². The number of carbonyl (C=O) groups is 1. The van der Waals surface area contributed by atoms with Crippen LogP contribution in [0.1, 0.15) is 30.7 Å². The van der Waals surface area contributed by atoms with Gasteiger partial charge in [0.2, 0.25) is 0 Å². The molecule has 0 bridgehead atoms. The summed E-state index contributed by atoms with van der Waals surface area (Å²) >= 11 is 0. The van der Waals surface area contributed by atoms with Crippen LogP contribution in [-0.4, -0.2) is 23.7 Å². The molecule has 4 nitrogen and oxygen atoms in total. The summed E-state index contributed by atoms with van der Waals surface area (Å²) in [6, 6.07) is 7.76. The number of methoxy groups -OCH3 is 1. The van der Waals surface area contributed by atoms with Gasteiger partial charge in [-0.15, -0.1) is 0 Å². The summed E-state index contributed by atoms with van der Waals surface area (Å²) in [5.74, 6) is 0.152. The van der Waals surface area contributed by atoms with Gasteiger partial charge in [-0.3, -0.25) is 4.79 Å². The van der Waals surface area contributed by atoms with Crippen LogP contribution in [0.15, 0.2) is 24.3 Å². The number of benzene rings is 1. The third-order valence-electron chi connectivity index (χ3n) is 3.56. The molecule has 0 amide bonds. The molecule has 4 heteroatoms. The van der Waals surface area contributed by atoms with Crippen molar-refractivity contribution in [1.82, 2.24) is 0 Å². The van der Waals surface area contributed by atoms with E-state index in [-0.39, 0.29) is 5.92 Å². The van der Waals surface area contributed by atoms with Crippen LogP contribution in [0.25, 0.3) is 0 Å².